The zero-order valence-corrected chi connectivity index (χ0v) is 12.2. The van der Waals surface area contributed by atoms with Gasteiger partial charge in [0.15, 0.2) is 0 Å². The van der Waals surface area contributed by atoms with Crippen LogP contribution in [0.25, 0.3) is 0 Å². The van der Waals surface area contributed by atoms with Crippen molar-refractivity contribution in [3.8, 4) is 0 Å². The topological polar surface area (TPSA) is 26.0 Å². The Labute approximate surface area is 116 Å². The Bertz CT molecular complexity index is 390. The van der Waals surface area contributed by atoms with E-state index in [0.29, 0.717) is 5.92 Å². The molecule has 1 aliphatic carbocycles. The Hall–Kier alpha value is -0.530. The molecule has 4 unspecified atom stereocenters. The third-order valence-electron chi connectivity index (χ3n) is 4.60. The highest BCUT2D eigenvalue weighted by atomic mass is 35.5. The summed E-state index contributed by atoms with van der Waals surface area (Å²) in [5.74, 6) is 2.35. The maximum Gasteiger partial charge on any atom is 0.0408 e. The van der Waals surface area contributed by atoms with Gasteiger partial charge in [0, 0.05) is 11.1 Å². The lowest BCUT2D eigenvalue weighted by Crippen LogP contribution is -2.36. The summed E-state index contributed by atoms with van der Waals surface area (Å²) in [6, 6.07) is 8.37. The molecule has 2 N–H and O–H groups in total. The molecule has 1 aliphatic rings. The summed E-state index contributed by atoms with van der Waals surface area (Å²) in [5.41, 5.74) is 7.66. The van der Waals surface area contributed by atoms with Crippen molar-refractivity contribution < 1.29 is 0 Å². The lowest BCUT2D eigenvalue weighted by atomic mass is 9.72. The van der Waals surface area contributed by atoms with Crippen LogP contribution in [0.2, 0.25) is 5.02 Å². The van der Waals surface area contributed by atoms with Crippen LogP contribution in [-0.4, -0.2) is 6.04 Å². The summed E-state index contributed by atoms with van der Waals surface area (Å²) in [4.78, 5) is 0. The van der Waals surface area contributed by atoms with E-state index in [4.69, 9.17) is 17.3 Å². The van der Waals surface area contributed by atoms with Gasteiger partial charge in [-0.15, -0.1) is 0 Å². The van der Waals surface area contributed by atoms with Crippen LogP contribution < -0.4 is 5.73 Å². The maximum absolute atomic E-state index is 6.40. The monoisotopic (exact) mass is 265 g/mol. The summed E-state index contributed by atoms with van der Waals surface area (Å²) < 4.78 is 0. The molecule has 18 heavy (non-hydrogen) atoms. The fraction of sp³-hybridized carbons (Fsp3) is 0.625. The normalized spacial score (nSPS) is 30.1. The number of rotatable bonds is 3. The molecule has 0 bridgehead atoms. The smallest absolute Gasteiger partial charge is 0.0408 e. The Morgan fingerprint density at radius 2 is 2.06 bits per heavy atom. The number of halogens is 1. The highest BCUT2D eigenvalue weighted by Gasteiger charge is 2.28. The van der Waals surface area contributed by atoms with E-state index in [9.17, 15) is 0 Å². The number of hydrogen-bond acceptors (Lipinski definition) is 1. The Morgan fingerprint density at radius 1 is 1.28 bits per heavy atom. The number of hydrogen-bond donors (Lipinski definition) is 1. The first kappa shape index (κ1) is 13.9. The van der Waals surface area contributed by atoms with Gasteiger partial charge < -0.3 is 5.73 Å². The van der Waals surface area contributed by atoms with Gasteiger partial charge >= 0.3 is 0 Å². The first-order valence-corrected chi connectivity index (χ1v) is 7.44. The van der Waals surface area contributed by atoms with E-state index < -0.39 is 0 Å². The lowest BCUT2D eigenvalue weighted by Gasteiger charge is -2.35. The second-order valence-corrected chi connectivity index (χ2v) is 6.46. The third kappa shape index (κ3) is 3.49. The van der Waals surface area contributed by atoms with Crippen LogP contribution >= 0.6 is 11.6 Å². The van der Waals surface area contributed by atoms with Crippen LogP contribution in [0, 0.1) is 17.8 Å². The molecule has 1 aromatic rings. The van der Waals surface area contributed by atoms with Gasteiger partial charge in [0.05, 0.1) is 0 Å². The Morgan fingerprint density at radius 3 is 2.72 bits per heavy atom. The summed E-state index contributed by atoms with van der Waals surface area (Å²) in [5, 5.41) is 0.810. The molecule has 0 amide bonds. The van der Waals surface area contributed by atoms with Crippen LogP contribution in [-0.2, 0) is 6.42 Å². The molecule has 0 heterocycles. The first-order valence-electron chi connectivity index (χ1n) is 7.06. The van der Waals surface area contributed by atoms with Gasteiger partial charge in [-0.05, 0) is 54.7 Å². The second kappa shape index (κ2) is 6.08. The quantitative estimate of drug-likeness (QED) is 0.867. The molecule has 0 saturated heterocycles. The zero-order valence-electron chi connectivity index (χ0n) is 11.4. The fourth-order valence-corrected chi connectivity index (χ4v) is 3.29. The van der Waals surface area contributed by atoms with Gasteiger partial charge in [0.25, 0.3) is 0 Å². The van der Waals surface area contributed by atoms with Crippen molar-refractivity contribution in [2.45, 2.75) is 45.6 Å². The van der Waals surface area contributed by atoms with Crippen LogP contribution in [0.3, 0.4) is 0 Å². The molecule has 100 valence electrons. The molecule has 1 nitrogen and oxygen atoms in total. The van der Waals surface area contributed by atoms with Crippen LogP contribution in [0.15, 0.2) is 24.3 Å². The van der Waals surface area contributed by atoms with Crippen molar-refractivity contribution in [2.75, 3.05) is 0 Å². The summed E-state index contributed by atoms with van der Waals surface area (Å²) in [6.45, 7) is 4.73. The average molecular weight is 266 g/mol. The molecule has 4 atom stereocenters. The SMILES string of the molecule is CC1CCC(C(N)Cc2cccc(Cl)c2)CC1C. The second-order valence-electron chi connectivity index (χ2n) is 6.03. The third-order valence-corrected chi connectivity index (χ3v) is 4.84. The largest absolute Gasteiger partial charge is 0.327 e. The standard InChI is InChI=1S/C16H24ClN/c1-11-6-7-14(8-12(11)2)16(18)10-13-4-3-5-15(17)9-13/h3-5,9,11-12,14,16H,6-8,10,18H2,1-2H3. The predicted octanol–water partition coefficient (Wildman–Crippen LogP) is 4.28. The molecule has 1 aromatic carbocycles. The first-order chi connectivity index (χ1) is 8.56. The minimum absolute atomic E-state index is 0.276. The molecular weight excluding hydrogens is 242 g/mol. The molecule has 2 rings (SSSR count). The van der Waals surface area contributed by atoms with E-state index in [2.05, 4.69) is 19.9 Å². The van der Waals surface area contributed by atoms with Crippen molar-refractivity contribution in [3.63, 3.8) is 0 Å². The highest BCUT2D eigenvalue weighted by molar-refractivity contribution is 6.30. The van der Waals surface area contributed by atoms with E-state index >= 15 is 0 Å². The summed E-state index contributed by atoms with van der Waals surface area (Å²) in [7, 11) is 0. The number of benzene rings is 1. The van der Waals surface area contributed by atoms with Crippen LogP contribution in [0.5, 0.6) is 0 Å². The zero-order chi connectivity index (χ0) is 13.1. The van der Waals surface area contributed by atoms with Gasteiger partial charge in [-0.3, -0.25) is 0 Å². The van der Waals surface area contributed by atoms with E-state index in [-0.39, 0.29) is 6.04 Å². The molecule has 0 aromatic heterocycles. The molecule has 2 heteroatoms. The predicted molar refractivity (Wildman–Crippen MR) is 78.8 cm³/mol. The van der Waals surface area contributed by atoms with Crippen molar-refractivity contribution in [3.05, 3.63) is 34.9 Å². The molecule has 1 saturated carbocycles. The van der Waals surface area contributed by atoms with Gasteiger partial charge in [-0.25, -0.2) is 0 Å². The van der Waals surface area contributed by atoms with E-state index in [1.165, 1.54) is 24.8 Å². The molecule has 0 radical (unpaired) electrons. The van der Waals surface area contributed by atoms with Crippen LogP contribution in [0.4, 0.5) is 0 Å². The molecule has 0 spiro atoms. The van der Waals surface area contributed by atoms with E-state index in [1.54, 1.807) is 0 Å². The molecule has 1 fully saturated rings. The van der Waals surface area contributed by atoms with E-state index in [0.717, 1.165) is 23.3 Å². The minimum atomic E-state index is 0.276. The maximum atomic E-state index is 6.40. The minimum Gasteiger partial charge on any atom is -0.327 e. The van der Waals surface area contributed by atoms with Gasteiger partial charge in [-0.1, -0.05) is 44.0 Å². The van der Waals surface area contributed by atoms with Gasteiger partial charge in [0.2, 0.25) is 0 Å². The number of nitrogens with two attached hydrogens (primary N) is 1. The Kier molecular flexibility index (Phi) is 4.69. The summed E-state index contributed by atoms with van der Waals surface area (Å²) >= 11 is 6.02. The van der Waals surface area contributed by atoms with Crippen molar-refractivity contribution in [1.29, 1.82) is 0 Å². The lowest BCUT2D eigenvalue weighted by molar-refractivity contribution is 0.185. The van der Waals surface area contributed by atoms with Crippen molar-refractivity contribution in [2.24, 2.45) is 23.5 Å². The van der Waals surface area contributed by atoms with Crippen molar-refractivity contribution >= 4 is 11.6 Å². The fourth-order valence-electron chi connectivity index (χ4n) is 3.08. The molecular formula is C16H24ClN. The van der Waals surface area contributed by atoms with Crippen LogP contribution in [0.1, 0.15) is 38.7 Å². The average Bonchev–Trinajstić information content (AvgIpc) is 2.32. The molecule has 0 aliphatic heterocycles. The van der Waals surface area contributed by atoms with Gasteiger partial charge in [-0.2, -0.15) is 0 Å². The highest BCUT2D eigenvalue weighted by Crippen LogP contribution is 2.35. The summed E-state index contributed by atoms with van der Waals surface area (Å²) in [6.07, 6.45) is 4.84. The van der Waals surface area contributed by atoms with Gasteiger partial charge in [0.1, 0.15) is 0 Å². The van der Waals surface area contributed by atoms with Crippen molar-refractivity contribution in [1.82, 2.24) is 0 Å². The Balaban J connectivity index is 1.94. The van der Waals surface area contributed by atoms with E-state index in [1.807, 2.05) is 18.2 Å².